The van der Waals surface area contributed by atoms with E-state index in [0.717, 1.165) is 0 Å². The van der Waals surface area contributed by atoms with Crippen molar-refractivity contribution in [3.05, 3.63) is 78.9 Å². The summed E-state index contributed by atoms with van der Waals surface area (Å²) >= 11 is 0. The van der Waals surface area contributed by atoms with Crippen LogP contribution in [0.1, 0.15) is 0 Å². The van der Waals surface area contributed by atoms with E-state index in [0.29, 0.717) is 0 Å². The first-order valence-electron chi connectivity index (χ1n) is 2.68. The van der Waals surface area contributed by atoms with Gasteiger partial charge in [0.05, 0.1) is 0 Å². The van der Waals surface area contributed by atoms with Crippen LogP contribution in [0, 0.1) is 142 Å². The minimum absolute atomic E-state index is 0. The molecule has 16 N–H and O–H groups in total. The van der Waals surface area contributed by atoms with E-state index in [-0.39, 0.29) is 213 Å². The fraction of sp³-hybridized carbons (Fsp3) is 0. The van der Waals surface area contributed by atoms with Crippen LogP contribution in [0.4, 0.5) is 0 Å². The zero-order valence-electron chi connectivity index (χ0n) is 19.1. The molecule has 0 aliphatic rings. The Morgan fingerprint density at radius 1 is 0.212 bits per heavy atom. The molecule has 0 spiro atoms. The third-order valence-electron chi connectivity index (χ3n) is 0. The van der Waals surface area contributed by atoms with Crippen LogP contribution in [0.15, 0.2) is 0 Å². The van der Waals surface area contributed by atoms with Crippen LogP contribution in [-0.4, -0.2) is 0 Å². The summed E-state index contributed by atoms with van der Waals surface area (Å²) in [5.41, 5.74) is 0. The Morgan fingerprint density at radius 3 is 0.212 bits per heavy atom. The van der Waals surface area contributed by atoms with Gasteiger partial charge in [0.1, 0.15) is 0 Å². The average Bonchev–Trinajstić information content (AvgIpc) is 2.84. The molecule has 21 heteroatoms. The molecule has 0 bridgehead atoms. The van der Waals surface area contributed by atoms with Gasteiger partial charge in [-0.2, -0.15) is 0 Å². The predicted octanol–water partition coefficient (Wildman–Crippen LogP) is -6.33. The molecular weight excluding hydrogens is 597 g/mol. The second kappa shape index (κ2) is 270000. The molecule has 0 saturated heterocycles. The summed E-state index contributed by atoms with van der Waals surface area (Å²) in [7, 11) is 0. The molecule has 33 heavy (non-hydrogen) atoms. The second-order valence-electron chi connectivity index (χ2n) is 0. The van der Waals surface area contributed by atoms with Crippen molar-refractivity contribution in [2.45, 2.75) is 0 Å². The van der Waals surface area contributed by atoms with E-state index in [1.165, 1.54) is 0 Å². The van der Waals surface area contributed by atoms with Gasteiger partial charge >= 0.3 is 188 Å². The molecule has 0 rings (SSSR count). The van der Waals surface area contributed by atoms with Gasteiger partial charge < -0.3 is 167 Å². The summed E-state index contributed by atoms with van der Waals surface area (Å²) in [6.07, 6.45) is 0. The largest absolute Gasteiger partial charge is 3.00 e. The first kappa shape index (κ1) is 241. The van der Waals surface area contributed by atoms with Gasteiger partial charge in [-0.3, -0.25) is 0 Å². The molecule has 0 saturated carbocycles. The van der Waals surface area contributed by atoms with Crippen molar-refractivity contribution in [3.8, 4) is 0 Å². The Balaban J connectivity index is -0.00000000244. The van der Waals surface area contributed by atoms with Crippen LogP contribution in [0.5, 0.6) is 0 Å². The van der Waals surface area contributed by atoms with E-state index >= 15 is 0 Å². The maximum atomic E-state index is 6.25. The minimum atomic E-state index is 0. The van der Waals surface area contributed by atoms with Crippen molar-refractivity contribution in [2.24, 2.45) is 0 Å². The topological polar surface area (TPSA) is 431 Å². The summed E-state index contributed by atoms with van der Waals surface area (Å²) in [5.74, 6) is 0. The third kappa shape index (κ3) is 253000. The van der Waals surface area contributed by atoms with Crippen LogP contribution in [0.25, 0.3) is 0 Å². The molecular formula is C12H16Fe2K3N16. The maximum absolute atomic E-state index is 6.25. The maximum Gasteiger partial charge on any atom is 3.00 e. The summed E-state index contributed by atoms with van der Waals surface area (Å²) in [4.78, 5) is 0. The standard InChI is InChI=1S/12CN.2Fe.3K.4H3N/c12*1-2;;;;;;;;;/h;;;;;;;;;;;;;;;;;4*1H3/q12*-1;+2;+3;3*+1;;;;/p+4. The van der Waals surface area contributed by atoms with E-state index < -0.39 is 0 Å². The Bertz CT molecular complexity index is 239. The van der Waals surface area contributed by atoms with Gasteiger partial charge in [0.2, 0.25) is 0 Å². The summed E-state index contributed by atoms with van der Waals surface area (Å²) < 4.78 is 0. The van der Waals surface area contributed by atoms with Crippen molar-refractivity contribution in [1.82, 2.24) is 24.6 Å². The molecule has 0 unspecified atom stereocenters. The van der Waals surface area contributed by atoms with Crippen molar-refractivity contribution < 1.29 is 188 Å². The Hall–Kier alpha value is -0.332. The molecule has 0 aliphatic heterocycles. The monoisotopic (exact) mass is 613 g/mol. The van der Waals surface area contributed by atoms with Crippen LogP contribution in [-0.2, 0) is 34.1 Å². The van der Waals surface area contributed by atoms with Crippen LogP contribution < -0.4 is 179 Å². The van der Waals surface area contributed by atoms with Gasteiger partial charge in [0.25, 0.3) is 0 Å². The zero-order valence-corrected chi connectivity index (χ0v) is 30.7. The Labute approximate surface area is 347 Å². The van der Waals surface area contributed by atoms with Gasteiger partial charge in [-0.25, -0.2) is 0 Å². The molecule has 0 atom stereocenters. The zero-order chi connectivity index (χ0) is 24.0. The van der Waals surface area contributed by atoms with E-state index in [1.807, 2.05) is 0 Å². The van der Waals surface area contributed by atoms with Crippen molar-refractivity contribution in [3.63, 3.8) is 0 Å². The summed E-state index contributed by atoms with van der Waals surface area (Å²) in [6, 6.07) is 0. The quantitative estimate of drug-likeness (QED) is 0.146. The predicted molar refractivity (Wildman–Crippen MR) is 83.6 cm³/mol. The van der Waals surface area contributed by atoms with Crippen molar-refractivity contribution >= 4 is 0 Å². The Kier molecular flexibility index (Phi) is 1970000. The van der Waals surface area contributed by atoms with Gasteiger partial charge in [-0.1, -0.05) is 0 Å². The van der Waals surface area contributed by atoms with Gasteiger partial charge in [0, 0.05) is 0 Å². The van der Waals surface area contributed by atoms with E-state index in [1.54, 1.807) is 0 Å². The van der Waals surface area contributed by atoms with Crippen LogP contribution in [0.3, 0.4) is 0 Å². The first-order valence-corrected chi connectivity index (χ1v) is 2.68. The second-order valence-corrected chi connectivity index (χ2v) is 0. The number of hydrogen-bond acceptors (Lipinski definition) is 12. The molecule has 1 radical (unpaired) electrons. The summed E-state index contributed by atoms with van der Waals surface area (Å²) in [5, 5.41) is 75.0. The molecule has 0 heterocycles. The van der Waals surface area contributed by atoms with Gasteiger partial charge in [-0.05, 0) is 0 Å². The van der Waals surface area contributed by atoms with Crippen LogP contribution in [0.2, 0.25) is 0 Å². The molecule has 0 fully saturated rings. The van der Waals surface area contributed by atoms with Crippen molar-refractivity contribution in [2.75, 3.05) is 0 Å². The van der Waals surface area contributed by atoms with Crippen molar-refractivity contribution in [1.29, 1.82) is 63.1 Å². The third-order valence-corrected chi connectivity index (χ3v) is 0. The molecule has 163 valence electrons. The average molecular weight is 613 g/mol. The molecule has 0 aliphatic carbocycles. The van der Waals surface area contributed by atoms with Crippen LogP contribution >= 0.6 is 0 Å². The fourth-order valence-corrected chi connectivity index (χ4v) is 0. The molecule has 0 amide bonds. The number of hydrogen-bond donors (Lipinski definition) is 4. The molecule has 0 aromatic carbocycles. The SMILES string of the molecule is [C-]#N.[C-]#N.[C-]#N.[C-]#N.[C-]#N.[C-]#N.[C-]#N.[C-]#N.[C-]#N.[C-]#N.[C-]#N.[C-]#N.[Fe+2].[Fe+3].[K+].[K+].[K+].[NH4+].[NH4+].[NH4+].[NH4+]. The molecule has 0 aromatic heterocycles. The normalized spacial score (nSPS) is 0.727. The minimum Gasteiger partial charge on any atom is -0.512 e. The number of nitrogens with zero attached hydrogens (tertiary/aromatic N) is 12. The number of quaternary nitrogens is 4. The van der Waals surface area contributed by atoms with E-state index in [9.17, 15) is 0 Å². The van der Waals surface area contributed by atoms with Gasteiger partial charge in [-0.15, -0.1) is 0 Å². The first-order chi connectivity index (χ1) is 12.0. The fourth-order valence-electron chi connectivity index (χ4n) is 0. The van der Waals surface area contributed by atoms with E-state index in [4.69, 9.17) is 142 Å². The smallest absolute Gasteiger partial charge is 0.512 e. The molecule has 0 aromatic rings. The van der Waals surface area contributed by atoms with E-state index in [2.05, 4.69) is 0 Å². The molecule has 16 nitrogen and oxygen atoms in total. The Morgan fingerprint density at radius 2 is 0.212 bits per heavy atom. The van der Waals surface area contributed by atoms with Gasteiger partial charge in [0.15, 0.2) is 0 Å². The summed E-state index contributed by atoms with van der Waals surface area (Å²) in [6.45, 7) is 57.0. The number of rotatable bonds is 0.